The van der Waals surface area contributed by atoms with Crippen LogP contribution in [-0.2, 0) is 14.8 Å². The average Bonchev–Trinajstić information content (AvgIpc) is 2.26. The predicted octanol–water partition coefficient (Wildman–Crippen LogP) is 0.362. The van der Waals surface area contributed by atoms with E-state index in [2.05, 4.69) is 19.2 Å². The molecule has 0 aromatic carbocycles. The van der Waals surface area contributed by atoms with Crippen LogP contribution in [0.1, 0.15) is 26.7 Å². The third-order valence-electron chi connectivity index (χ3n) is 2.90. The predicted molar refractivity (Wildman–Crippen MR) is 82.1 cm³/mol. The van der Waals surface area contributed by atoms with Crippen molar-refractivity contribution in [3.05, 3.63) is 0 Å². The van der Waals surface area contributed by atoms with E-state index in [4.69, 9.17) is 0 Å². The number of likely N-dealkylation sites (N-methyl/N-ethyl adjacent to an activating group) is 1. The molecule has 0 rings (SSSR count). The van der Waals surface area contributed by atoms with E-state index in [1.807, 2.05) is 19.0 Å². The van der Waals surface area contributed by atoms with Crippen LogP contribution in [0.15, 0.2) is 0 Å². The highest BCUT2D eigenvalue weighted by Crippen LogP contribution is 2.01. The van der Waals surface area contributed by atoms with Gasteiger partial charge in [0, 0.05) is 32.6 Å². The van der Waals surface area contributed by atoms with Crippen LogP contribution in [0.3, 0.4) is 0 Å². The van der Waals surface area contributed by atoms with Crippen LogP contribution < -0.4 is 5.32 Å². The summed E-state index contributed by atoms with van der Waals surface area (Å²) < 4.78 is 24.6. The van der Waals surface area contributed by atoms with Crippen molar-refractivity contribution in [2.75, 3.05) is 46.5 Å². The normalized spacial score (nSPS) is 12.4. The Morgan fingerprint density at radius 3 is 2.20 bits per heavy atom. The second kappa shape index (κ2) is 9.31. The van der Waals surface area contributed by atoms with Crippen LogP contribution in [0.4, 0.5) is 0 Å². The molecule has 7 heteroatoms. The van der Waals surface area contributed by atoms with E-state index in [0.717, 1.165) is 6.42 Å². The summed E-state index contributed by atoms with van der Waals surface area (Å²) in [6.07, 6.45) is 2.32. The van der Waals surface area contributed by atoms with E-state index in [1.165, 1.54) is 10.6 Å². The van der Waals surface area contributed by atoms with Gasteiger partial charge in [-0.05, 0) is 26.4 Å². The molecule has 0 bridgehead atoms. The van der Waals surface area contributed by atoms with Gasteiger partial charge in [0.05, 0.1) is 6.26 Å². The zero-order chi connectivity index (χ0) is 15.8. The number of hydrogen-bond acceptors (Lipinski definition) is 4. The molecule has 0 saturated heterocycles. The first-order valence-electron chi connectivity index (χ1n) is 6.99. The van der Waals surface area contributed by atoms with E-state index in [9.17, 15) is 13.2 Å². The van der Waals surface area contributed by atoms with Crippen molar-refractivity contribution in [2.45, 2.75) is 26.7 Å². The SMILES string of the molecule is CC(C)CCNC(=O)CCN(CCN(C)C)S(C)(=O)=O. The molecule has 0 aliphatic rings. The van der Waals surface area contributed by atoms with Gasteiger partial charge in [-0.1, -0.05) is 13.8 Å². The fourth-order valence-electron chi connectivity index (χ4n) is 1.57. The van der Waals surface area contributed by atoms with E-state index < -0.39 is 10.0 Å². The topological polar surface area (TPSA) is 69.7 Å². The minimum absolute atomic E-state index is 0.0934. The molecular weight excluding hydrogens is 278 g/mol. The van der Waals surface area contributed by atoms with Crippen LogP contribution >= 0.6 is 0 Å². The summed E-state index contributed by atoms with van der Waals surface area (Å²) >= 11 is 0. The molecule has 120 valence electrons. The molecule has 0 aromatic rings. The number of nitrogens with one attached hydrogen (secondary N) is 1. The molecular formula is C13H29N3O3S. The first kappa shape index (κ1) is 19.3. The van der Waals surface area contributed by atoms with Gasteiger partial charge in [0.2, 0.25) is 15.9 Å². The third kappa shape index (κ3) is 10.2. The van der Waals surface area contributed by atoms with Crippen molar-refractivity contribution in [3.63, 3.8) is 0 Å². The van der Waals surface area contributed by atoms with Crippen molar-refractivity contribution < 1.29 is 13.2 Å². The lowest BCUT2D eigenvalue weighted by atomic mass is 10.1. The van der Waals surface area contributed by atoms with Crippen molar-refractivity contribution in [2.24, 2.45) is 5.92 Å². The highest BCUT2D eigenvalue weighted by atomic mass is 32.2. The maximum atomic E-state index is 11.7. The lowest BCUT2D eigenvalue weighted by molar-refractivity contribution is -0.121. The minimum atomic E-state index is -3.26. The summed E-state index contributed by atoms with van der Waals surface area (Å²) in [5.41, 5.74) is 0. The molecule has 0 fully saturated rings. The number of rotatable bonds is 10. The Morgan fingerprint density at radius 2 is 1.75 bits per heavy atom. The number of carbonyl (C=O) groups is 1. The van der Waals surface area contributed by atoms with Gasteiger partial charge in [0.15, 0.2) is 0 Å². The van der Waals surface area contributed by atoms with Crippen molar-refractivity contribution in [1.82, 2.24) is 14.5 Å². The van der Waals surface area contributed by atoms with Gasteiger partial charge in [0.25, 0.3) is 0 Å². The van der Waals surface area contributed by atoms with Crippen molar-refractivity contribution in [3.8, 4) is 0 Å². The Balaban J connectivity index is 4.16. The van der Waals surface area contributed by atoms with Crippen LogP contribution in [-0.4, -0.2) is 70.1 Å². The minimum Gasteiger partial charge on any atom is -0.356 e. The summed E-state index contributed by atoms with van der Waals surface area (Å²) in [6.45, 7) is 6.12. The lowest BCUT2D eigenvalue weighted by Crippen LogP contribution is -2.38. The maximum Gasteiger partial charge on any atom is 0.221 e. The number of sulfonamides is 1. The Kier molecular flexibility index (Phi) is 9.00. The number of hydrogen-bond donors (Lipinski definition) is 1. The van der Waals surface area contributed by atoms with Crippen molar-refractivity contribution >= 4 is 15.9 Å². The molecule has 0 atom stereocenters. The molecule has 0 spiro atoms. The number of carbonyl (C=O) groups excluding carboxylic acids is 1. The van der Waals surface area contributed by atoms with Gasteiger partial charge in [-0.3, -0.25) is 4.79 Å². The fourth-order valence-corrected chi connectivity index (χ4v) is 2.41. The van der Waals surface area contributed by atoms with Crippen molar-refractivity contribution in [1.29, 1.82) is 0 Å². The Labute approximate surface area is 123 Å². The highest BCUT2D eigenvalue weighted by Gasteiger charge is 2.17. The highest BCUT2D eigenvalue weighted by molar-refractivity contribution is 7.88. The van der Waals surface area contributed by atoms with E-state index >= 15 is 0 Å². The van der Waals surface area contributed by atoms with Gasteiger partial charge >= 0.3 is 0 Å². The Bertz CT molecular complexity index is 380. The molecule has 0 unspecified atom stereocenters. The van der Waals surface area contributed by atoms with E-state index in [0.29, 0.717) is 25.6 Å². The molecule has 0 aromatic heterocycles. The summed E-state index contributed by atoms with van der Waals surface area (Å²) in [4.78, 5) is 13.6. The summed E-state index contributed by atoms with van der Waals surface area (Å²) in [6, 6.07) is 0. The number of nitrogens with zero attached hydrogens (tertiary/aromatic N) is 2. The van der Waals surface area contributed by atoms with Gasteiger partial charge in [-0.2, -0.15) is 0 Å². The molecule has 0 aliphatic carbocycles. The molecule has 0 heterocycles. The molecule has 0 radical (unpaired) electrons. The molecule has 6 nitrogen and oxygen atoms in total. The zero-order valence-electron chi connectivity index (χ0n) is 13.3. The monoisotopic (exact) mass is 307 g/mol. The smallest absolute Gasteiger partial charge is 0.221 e. The van der Waals surface area contributed by atoms with E-state index in [-0.39, 0.29) is 18.9 Å². The quantitative estimate of drug-likeness (QED) is 0.633. The number of amides is 1. The Hall–Kier alpha value is -0.660. The first-order valence-corrected chi connectivity index (χ1v) is 8.84. The second-order valence-electron chi connectivity index (χ2n) is 5.75. The fraction of sp³-hybridized carbons (Fsp3) is 0.923. The molecule has 0 aliphatic heterocycles. The summed E-state index contributed by atoms with van der Waals surface area (Å²) in [5, 5.41) is 2.81. The first-order chi connectivity index (χ1) is 9.12. The van der Waals surface area contributed by atoms with Gasteiger partial charge in [0.1, 0.15) is 0 Å². The summed E-state index contributed by atoms with van der Waals surface area (Å²) in [7, 11) is 0.512. The van der Waals surface area contributed by atoms with Crippen LogP contribution in [0.5, 0.6) is 0 Å². The standard InChI is InChI=1S/C13H29N3O3S/c1-12(2)6-8-14-13(17)7-9-16(20(5,18)19)11-10-15(3)4/h12H,6-11H2,1-5H3,(H,14,17). The lowest BCUT2D eigenvalue weighted by Gasteiger charge is -2.21. The molecule has 1 N–H and O–H groups in total. The summed E-state index contributed by atoms with van der Waals surface area (Å²) in [5.74, 6) is 0.451. The average molecular weight is 307 g/mol. The van der Waals surface area contributed by atoms with Crippen LogP contribution in [0.25, 0.3) is 0 Å². The van der Waals surface area contributed by atoms with E-state index in [1.54, 1.807) is 0 Å². The Morgan fingerprint density at radius 1 is 1.15 bits per heavy atom. The largest absolute Gasteiger partial charge is 0.356 e. The second-order valence-corrected chi connectivity index (χ2v) is 7.73. The van der Waals surface area contributed by atoms with Crippen LogP contribution in [0.2, 0.25) is 0 Å². The van der Waals surface area contributed by atoms with Crippen LogP contribution in [0, 0.1) is 5.92 Å². The third-order valence-corrected chi connectivity index (χ3v) is 4.20. The maximum absolute atomic E-state index is 11.7. The molecule has 0 saturated carbocycles. The van der Waals surface area contributed by atoms with Gasteiger partial charge in [-0.15, -0.1) is 0 Å². The zero-order valence-corrected chi connectivity index (χ0v) is 14.2. The van der Waals surface area contributed by atoms with Gasteiger partial charge < -0.3 is 10.2 Å². The molecule has 20 heavy (non-hydrogen) atoms. The molecule has 1 amide bonds. The van der Waals surface area contributed by atoms with Gasteiger partial charge in [-0.25, -0.2) is 12.7 Å².